The minimum absolute atomic E-state index is 0.112. The van der Waals surface area contributed by atoms with E-state index >= 15 is 0 Å². The van der Waals surface area contributed by atoms with Crippen molar-refractivity contribution in [1.82, 2.24) is 14.5 Å². The van der Waals surface area contributed by atoms with Crippen LogP contribution < -0.4 is 5.32 Å². The predicted molar refractivity (Wildman–Crippen MR) is 115 cm³/mol. The number of amides is 2. The van der Waals surface area contributed by atoms with Crippen LogP contribution in [0.15, 0.2) is 53.4 Å². The summed E-state index contributed by atoms with van der Waals surface area (Å²) in [6.07, 6.45) is 2.75. The third-order valence-electron chi connectivity index (χ3n) is 5.08. The molecule has 2 aromatic rings. The molecule has 0 aromatic heterocycles. The molecular formula is C22H27N3O4S. The average molecular weight is 430 g/mol. The third-order valence-corrected chi connectivity index (χ3v) is 6.98. The molecule has 0 spiro atoms. The quantitative estimate of drug-likeness (QED) is 0.764. The van der Waals surface area contributed by atoms with Crippen LogP contribution in [-0.4, -0.2) is 56.6 Å². The highest BCUT2D eigenvalue weighted by atomic mass is 32.2. The Morgan fingerprint density at radius 3 is 2.33 bits per heavy atom. The van der Waals surface area contributed by atoms with Gasteiger partial charge in [-0.05, 0) is 48.7 Å². The van der Waals surface area contributed by atoms with Crippen LogP contribution in [0.3, 0.4) is 0 Å². The molecule has 0 saturated carbocycles. The molecule has 0 aliphatic carbocycles. The molecule has 1 aliphatic rings. The highest BCUT2D eigenvalue weighted by molar-refractivity contribution is 7.89. The molecule has 3 rings (SSSR count). The highest BCUT2D eigenvalue weighted by Gasteiger charge is 2.26. The Hall–Kier alpha value is -2.71. The molecule has 1 aliphatic heterocycles. The van der Waals surface area contributed by atoms with Gasteiger partial charge in [0.2, 0.25) is 10.0 Å². The minimum Gasteiger partial charge on any atom is -0.348 e. The number of carbonyl (C=O) groups excluding carboxylic acids is 2. The van der Waals surface area contributed by atoms with Crippen molar-refractivity contribution >= 4 is 21.8 Å². The van der Waals surface area contributed by atoms with Crippen LogP contribution in [0.1, 0.15) is 45.5 Å². The third kappa shape index (κ3) is 5.06. The monoisotopic (exact) mass is 429 g/mol. The molecule has 1 fully saturated rings. The van der Waals surface area contributed by atoms with E-state index in [-0.39, 0.29) is 28.8 Å². The van der Waals surface area contributed by atoms with Crippen molar-refractivity contribution in [2.24, 2.45) is 0 Å². The molecule has 30 heavy (non-hydrogen) atoms. The molecular weight excluding hydrogens is 402 g/mol. The average Bonchev–Trinajstić information content (AvgIpc) is 2.77. The molecule has 2 amide bonds. The van der Waals surface area contributed by atoms with Crippen molar-refractivity contribution < 1.29 is 18.0 Å². The van der Waals surface area contributed by atoms with Gasteiger partial charge in [0.05, 0.1) is 4.90 Å². The molecule has 160 valence electrons. The van der Waals surface area contributed by atoms with Crippen LogP contribution >= 0.6 is 0 Å². The first-order valence-corrected chi connectivity index (χ1v) is 11.4. The van der Waals surface area contributed by atoms with Crippen LogP contribution in [-0.2, 0) is 16.6 Å². The minimum atomic E-state index is -3.60. The van der Waals surface area contributed by atoms with Crippen LogP contribution in [0.4, 0.5) is 0 Å². The Kier molecular flexibility index (Phi) is 6.89. The topological polar surface area (TPSA) is 86.8 Å². The second-order valence-corrected chi connectivity index (χ2v) is 9.51. The van der Waals surface area contributed by atoms with E-state index in [1.807, 2.05) is 6.07 Å². The molecule has 1 N–H and O–H groups in total. The van der Waals surface area contributed by atoms with E-state index < -0.39 is 10.0 Å². The lowest BCUT2D eigenvalue weighted by atomic mass is 10.1. The van der Waals surface area contributed by atoms with E-state index in [0.29, 0.717) is 18.7 Å². The van der Waals surface area contributed by atoms with Crippen molar-refractivity contribution in [2.45, 2.75) is 30.7 Å². The van der Waals surface area contributed by atoms with Crippen LogP contribution in [0.2, 0.25) is 0 Å². The van der Waals surface area contributed by atoms with E-state index in [1.165, 1.54) is 21.3 Å². The number of benzene rings is 2. The van der Waals surface area contributed by atoms with Gasteiger partial charge in [0, 0.05) is 44.9 Å². The summed E-state index contributed by atoms with van der Waals surface area (Å²) in [6, 6.07) is 13.2. The summed E-state index contributed by atoms with van der Waals surface area (Å²) in [7, 11) is -0.233. The second-order valence-electron chi connectivity index (χ2n) is 7.58. The number of nitrogens with zero attached hydrogens (tertiary/aromatic N) is 2. The summed E-state index contributed by atoms with van der Waals surface area (Å²) in [4.78, 5) is 26.3. The van der Waals surface area contributed by atoms with Gasteiger partial charge in [0.25, 0.3) is 11.8 Å². The smallest absolute Gasteiger partial charge is 0.253 e. The van der Waals surface area contributed by atoms with Gasteiger partial charge in [0.15, 0.2) is 0 Å². The first-order valence-electron chi connectivity index (χ1n) is 9.98. The van der Waals surface area contributed by atoms with Crippen molar-refractivity contribution in [1.29, 1.82) is 0 Å². The van der Waals surface area contributed by atoms with Crippen molar-refractivity contribution in [2.75, 3.05) is 27.2 Å². The number of nitrogens with one attached hydrogen (secondary N) is 1. The first kappa shape index (κ1) is 22.0. The zero-order valence-corrected chi connectivity index (χ0v) is 18.1. The summed E-state index contributed by atoms with van der Waals surface area (Å²) >= 11 is 0. The molecule has 1 saturated heterocycles. The first-order chi connectivity index (χ1) is 14.3. The number of rotatable bonds is 6. The summed E-state index contributed by atoms with van der Waals surface area (Å²) in [5.74, 6) is -0.478. The fraction of sp³-hybridized carbons (Fsp3) is 0.364. The van der Waals surface area contributed by atoms with Crippen LogP contribution in [0, 0.1) is 0 Å². The van der Waals surface area contributed by atoms with E-state index in [9.17, 15) is 18.0 Å². The van der Waals surface area contributed by atoms with Crippen LogP contribution in [0.5, 0.6) is 0 Å². The Balaban J connectivity index is 1.70. The summed E-state index contributed by atoms with van der Waals surface area (Å²) in [6.45, 7) is 1.26. The molecule has 0 unspecified atom stereocenters. The number of sulfonamides is 1. The summed E-state index contributed by atoms with van der Waals surface area (Å²) in [5.41, 5.74) is 1.61. The zero-order valence-electron chi connectivity index (χ0n) is 17.3. The Labute approximate surface area is 177 Å². The fourth-order valence-corrected chi connectivity index (χ4v) is 4.97. The molecule has 0 bridgehead atoms. The van der Waals surface area contributed by atoms with Gasteiger partial charge in [-0.1, -0.05) is 24.6 Å². The van der Waals surface area contributed by atoms with Crippen LogP contribution in [0.25, 0.3) is 0 Å². The SMILES string of the molecule is CN(C)C(=O)c1cccc(CNC(=O)c2cccc(S(=O)(=O)N3CCCCC3)c2)c1. The second kappa shape index (κ2) is 9.40. The standard InChI is InChI=1S/C22H27N3O4S/c1-24(2)22(27)19-10-6-8-17(14-19)16-23-21(26)18-9-7-11-20(15-18)30(28,29)25-12-4-3-5-13-25/h6-11,14-15H,3-5,12-13,16H2,1-2H3,(H,23,26). The van der Waals surface area contributed by atoms with Gasteiger partial charge in [-0.25, -0.2) is 8.42 Å². The van der Waals surface area contributed by atoms with Gasteiger partial charge in [-0.15, -0.1) is 0 Å². The Morgan fingerprint density at radius 2 is 1.63 bits per heavy atom. The molecule has 2 aromatic carbocycles. The van der Waals surface area contributed by atoms with Gasteiger partial charge in [-0.2, -0.15) is 4.31 Å². The highest BCUT2D eigenvalue weighted by Crippen LogP contribution is 2.21. The molecule has 0 radical (unpaired) electrons. The van der Waals surface area contributed by atoms with Crippen molar-refractivity contribution in [3.8, 4) is 0 Å². The normalized spacial score (nSPS) is 14.9. The number of piperidine rings is 1. The summed E-state index contributed by atoms with van der Waals surface area (Å²) < 4.78 is 27.2. The van der Waals surface area contributed by atoms with E-state index in [1.54, 1.807) is 44.4 Å². The number of hydrogen-bond acceptors (Lipinski definition) is 4. The maximum atomic E-state index is 12.9. The largest absolute Gasteiger partial charge is 0.348 e. The van der Waals surface area contributed by atoms with Gasteiger partial charge < -0.3 is 10.2 Å². The van der Waals surface area contributed by atoms with E-state index in [0.717, 1.165) is 24.8 Å². The molecule has 7 nitrogen and oxygen atoms in total. The fourth-order valence-electron chi connectivity index (χ4n) is 3.41. The lowest BCUT2D eigenvalue weighted by molar-refractivity contribution is 0.0827. The molecule has 8 heteroatoms. The maximum Gasteiger partial charge on any atom is 0.253 e. The van der Waals surface area contributed by atoms with Gasteiger partial charge in [-0.3, -0.25) is 9.59 Å². The van der Waals surface area contributed by atoms with Gasteiger partial charge >= 0.3 is 0 Å². The molecule has 0 atom stereocenters. The zero-order chi connectivity index (χ0) is 21.7. The lowest BCUT2D eigenvalue weighted by Gasteiger charge is -2.26. The Morgan fingerprint density at radius 1 is 0.967 bits per heavy atom. The maximum absolute atomic E-state index is 12.9. The van der Waals surface area contributed by atoms with Crippen molar-refractivity contribution in [3.05, 3.63) is 65.2 Å². The van der Waals surface area contributed by atoms with Gasteiger partial charge in [0.1, 0.15) is 0 Å². The number of carbonyl (C=O) groups is 2. The number of hydrogen-bond donors (Lipinski definition) is 1. The van der Waals surface area contributed by atoms with E-state index in [4.69, 9.17) is 0 Å². The lowest BCUT2D eigenvalue weighted by Crippen LogP contribution is -2.35. The predicted octanol–water partition coefficient (Wildman–Crippen LogP) is 2.49. The van der Waals surface area contributed by atoms with Crippen molar-refractivity contribution in [3.63, 3.8) is 0 Å². The van der Waals surface area contributed by atoms with E-state index in [2.05, 4.69) is 5.32 Å². The molecule has 1 heterocycles. The summed E-state index contributed by atoms with van der Waals surface area (Å²) in [5, 5.41) is 2.80. The Bertz CT molecular complexity index is 1030.